The van der Waals surface area contributed by atoms with Gasteiger partial charge in [0.25, 0.3) is 0 Å². The quantitative estimate of drug-likeness (QED) is 0.708. The van der Waals surface area contributed by atoms with Crippen LogP contribution in [0.2, 0.25) is 0 Å². The lowest BCUT2D eigenvalue weighted by atomic mass is 9.95. The van der Waals surface area contributed by atoms with Gasteiger partial charge in [-0.05, 0) is 36.3 Å². The highest BCUT2D eigenvalue weighted by Gasteiger charge is 2.21. The Bertz CT molecular complexity index is 567. The summed E-state index contributed by atoms with van der Waals surface area (Å²) >= 11 is 0. The van der Waals surface area contributed by atoms with Gasteiger partial charge in [0, 0.05) is 25.7 Å². The SMILES string of the molecule is CC(C)C[C@H](CO)CN(Cc1ccccc1)[C@@H](C)c1ccccc1. The molecule has 1 N–H and O–H groups in total. The summed E-state index contributed by atoms with van der Waals surface area (Å²) in [5.74, 6) is 0.924. The van der Waals surface area contributed by atoms with Crippen molar-refractivity contribution in [3.8, 4) is 0 Å². The van der Waals surface area contributed by atoms with E-state index in [1.807, 2.05) is 0 Å². The first kappa shape index (κ1) is 18.7. The third-order valence-electron chi connectivity index (χ3n) is 4.61. The van der Waals surface area contributed by atoms with Gasteiger partial charge in [0.05, 0.1) is 0 Å². The van der Waals surface area contributed by atoms with Crippen LogP contribution in [0.15, 0.2) is 60.7 Å². The van der Waals surface area contributed by atoms with Crippen molar-refractivity contribution in [3.63, 3.8) is 0 Å². The van der Waals surface area contributed by atoms with Gasteiger partial charge in [-0.25, -0.2) is 0 Å². The number of hydrogen-bond donors (Lipinski definition) is 1. The molecule has 0 spiro atoms. The Labute approximate surface area is 147 Å². The van der Waals surface area contributed by atoms with Crippen LogP contribution < -0.4 is 0 Å². The molecule has 130 valence electrons. The molecule has 0 fully saturated rings. The molecule has 0 heterocycles. The fourth-order valence-corrected chi connectivity index (χ4v) is 3.33. The maximum atomic E-state index is 9.82. The Kier molecular flexibility index (Phi) is 7.48. The molecule has 0 saturated carbocycles. The fourth-order valence-electron chi connectivity index (χ4n) is 3.33. The predicted molar refractivity (Wildman–Crippen MR) is 102 cm³/mol. The monoisotopic (exact) mass is 325 g/mol. The second kappa shape index (κ2) is 9.61. The summed E-state index contributed by atoms with van der Waals surface area (Å²) in [6, 6.07) is 21.6. The van der Waals surface area contributed by atoms with Gasteiger partial charge in [0.15, 0.2) is 0 Å². The Morgan fingerprint density at radius 1 is 0.875 bits per heavy atom. The lowest BCUT2D eigenvalue weighted by Crippen LogP contribution is -2.33. The van der Waals surface area contributed by atoms with Crippen LogP contribution in [0, 0.1) is 11.8 Å². The van der Waals surface area contributed by atoms with E-state index in [-0.39, 0.29) is 6.61 Å². The van der Waals surface area contributed by atoms with Gasteiger partial charge in [-0.2, -0.15) is 0 Å². The molecule has 2 aromatic carbocycles. The summed E-state index contributed by atoms with van der Waals surface area (Å²) in [6.07, 6.45) is 1.06. The van der Waals surface area contributed by atoms with Crippen LogP contribution >= 0.6 is 0 Å². The van der Waals surface area contributed by atoms with Gasteiger partial charge in [-0.3, -0.25) is 4.90 Å². The molecule has 0 aliphatic carbocycles. The summed E-state index contributed by atoms with van der Waals surface area (Å²) in [5, 5.41) is 9.82. The largest absolute Gasteiger partial charge is 0.396 e. The average Bonchev–Trinajstić information content (AvgIpc) is 2.61. The third kappa shape index (κ3) is 5.77. The van der Waals surface area contributed by atoms with E-state index < -0.39 is 0 Å². The first-order chi connectivity index (χ1) is 11.6. The summed E-state index contributed by atoms with van der Waals surface area (Å²) in [4.78, 5) is 2.49. The van der Waals surface area contributed by atoms with Crippen molar-refractivity contribution in [2.24, 2.45) is 11.8 Å². The first-order valence-corrected chi connectivity index (χ1v) is 9.04. The number of benzene rings is 2. The van der Waals surface area contributed by atoms with E-state index in [1.54, 1.807) is 0 Å². The van der Waals surface area contributed by atoms with Crippen molar-refractivity contribution in [1.29, 1.82) is 0 Å². The van der Waals surface area contributed by atoms with Crippen LogP contribution in [0.4, 0.5) is 0 Å². The Balaban J connectivity index is 2.17. The molecule has 2 rings (SSSR count). The summed E-state index contributed by atoms with van der Waals surface area (Å²) in [7, 11) is 0. The number of aliphatic hydroxyl groups excluding tert-OH is 1. The molecule has 0 radical (unpaired) electrons. The second-order valence-corrected chi connectivity index (χ2v) is 7.18. The fraction of sp³-hybridized carbons (Fsp3) is 0.455. The predicted octanol–water partition coefficient (Wildman–Crippen LogP) is 4.90. The molecule has 0 aliphatic rings. The zero-order valence-corrected chi connectivity index (χ0v) is 15.2. The van der Waals surface area contributed by atoms with Crippen molar-refractivity contribution in [2.75, 3.05) is 13.2 Å². The second-order valence-electron chi connectivity index (χ2n) is 7.18. The molecule has 0 amide bonds. The minimum atomic E-state index is 0.255. The molecular formula is C22H31NO. The minimum Gasteiger partial charge on any atom is -0.396 e. The van der Waals surface area contributed by atoms with Gasteiger partial charge >= 0.3 is 0 Å². The maximum Gasteiger partial charge on any atom is 0.0471 e. The molecular weight excluding hydrogens is 294 g/mol. The van der Waals surface area contributed by atoms with E-state index in [0.717, 1.165) is 19.5 Å². The highest BCUT2D eigenvalue weighted by atomic mass is 16.3. The smallest absolute Gasteiger partial charge is 0.0471 e. The topological polar surface area (TPSA) is 23.5 Å². The Hall–Kier alpha value is -1.64. The zero-order valence-electron chi connectivity index (χ0n) is 15.2. The van der Waals surface area contributed by atoms with Gasteiger partial charge in [0.1, 0.15) is 0 Å². The molecule has 0 aromatic heterocycles. The van der Waals surface area contributed by atoms with Crippen LogP contribution in [0.3, 0.4) is 0 Å². The molecule has 2 aromatic rings. The van der Waals surface area contributed by atoms with E-state index in [0.29, 0.717) is 17.9 Å². The van der Waals surface area contributed by atoms with Crippen molar-refractivity contribution in [1.82, 2.24) is 4.90 Å². The number of rotatable bonds is 9. The van der Waals surface area contributed by atoms with Gasteiger partial charge in [-0.1, -0.05) is 74.5 Å². The Morgan fingerprint density at radius 2 is 1.46 bits per heavy atom. The van der Waals surface area contributed by atoms with Gasteiger partial charge in [0.2, 0.25) is 0 Å². The zero-order chi connectivity index (χ0) is 17.4. The summed E-state index contributed by atoms with van der Waals surface area (Å²) in [5.41, 5.74) is 2.65. The lowest BCUT2D eigenvalue weighted by molar-refractivity contribution is 0.117. The van der Waals surface area contributed by atoms with Crippen LogP contribution in [-0.4, -0.2) is 23.2 Å². The van der Waals surface area contributed by atoms with Crippen LogP contribution in [0.1, 0.15) is 44.4 Å². The van der Waals surface area contributed by atoms with E-state index in [9.17, 15) is 5.11 Å². The van der Waals surface area contributed by atoms with E-state index in [2.05, 4.69) is 86.3 Å². The number of nitrogens with zero attached hydrogens (tertiary/aromatic N) is 1. The maximum absolute atomic E-state index is 9.82. The van der Waals surface area contributed by atoms with Crippen LogP contribution in [0.25, 0.3) is 0 Å². The van der Waals surface area contributed by atoms with Crippen LogP contribution in [0.5, 0.6) is 0 Å². The van der Waals surface area contributed by atoms with Crippen molar-refractivity contribution < 1.29 is 5.11 Å². The molecule has 0 bridgehead atoms. The lowest BCUT2D eigenvalue weighted by Gasteiger charge is -2.33. The highest BCUT2D eigenvalue weighted by Crippen LogP contribution is 2.25. The summed E-state index contributed by atoms with van der Waals surface area (Å²) < 4.78 is 0. The van der Waals surface area contributed by atoms with E-state index >= 15 is 0 Å². The Morgan fingerprint density at radius 3 is 2.00 bits per heavy atom. The van der Waals surface area contributed by atoms with Gasteiger partial charge in [-0.15, -0.1) is 0 Å². The van der Waals surface area contributed by atoms with Gasteiger partial charge < -0.3 is 5.11 Å². The molecule has 0 aliphatic heterocycles. The van der Waals surface area contributed by atoms with Crippen molar-refractivity contribution >= 4 is 0 Å². The normalized spacial score (nSPS) is 14.1. The molecule has 24 heavy (non-hydrogen) atoms. The van der Waals surface area contributed by atoms with Crippen molar-refractivity contribution in [3.05, 3.63) is 71.8 Å². The number of hydrogen-bond acceptors (Lipinski definition) is 2. The summed E-state index contributed by atoms with van der Waals surface area (Å²) in [6.45, 7) is 8.80. The van der Waals surface area contributed by atoms with Crippen LogP contribution in [-0.2, 0) is 6.54 Å². The molecule has 2 atom stereocenters. The molecule has 2 heteroatoms. The molecule has 0 unspecified atom stereocenters. The van der Waals surface area contributed by atoms with Crippen molar-refractivity contribution in [2.45, 2.75) is 39.8 Å². The first-order valence-electron chi connectivity index (χ1n) is 9.04. The minimum absolute atomic E-state index is 0.255. The van der Waals surface area contributed by atoms with E-state index in [1.165, 1.54) is 11.1 Å². The molecule has 2 nitrogen and oxygen atoms in total. The number of aliphatic hydroxyl groups is 1. The molecule has 0 saturated heterocycles. The average molecular weight is 325 g/mol. The standard InChI is InChI=1S/C22H31NO/c1-18(2)14-21(17-24)16-23(15-20-10-6-4-7-11-20)19(3)22-12-8-5-9-13-22/h4-13,18-19,21,24H,14-17H2,1-3H3/t19-,21-/m0/s1. The van der Waals surface area contributed by atoms with E-state index in [4.69, 9.17) is 0 Å². The highest BCUT2D eigenvalue weighted by molar-refractivity contribution is 5.20. The third-order valence-corrected chi connectivity index (χ3v) is 4.61.